The number of ether oxygens (including phenoxy) is 1. The molecule has 0 bridgehead atoms. The normalized spacial score (nSPS) is 16.8. The molecule has 1 fully saturated rings. The molecule has 2 heterocycles. The Labute approximate surface area is 220 Å². The number of nitrogens with zero attached hydrogens (tertiary/aromatic N) is 4. The first kappa shape index (κ1) is 25.1. The number of anilines is 1. The van der Waals surface area contributed by atoms with Crippen LogP contribution in [0.4, 0.5) is 10.1 Å². The van der Waals surface area contributed by atoms with E-state index in [0.717, 1.165) is 6.42 Å². The second-order valence-corrected chi connectivity index (χ2v) is 9.42. The zero-order chi connectivity index (χ0) is 26.5. The number of benzene rings is 3. The second kappa shape index (κ2) is 11.2. The van der Waals surface area contributed by atoms with Crippen LogP contribution in [0.15, 0.2) is 85.2 Å². The summed E-state index contributed by atoms with van der Waals surface area (Å²) in [5, 5.41) is 11.0. The van der Waals surface area contributed by atoms with E-state index in [9.17, 15) is 14.0 Å². The van der Waals surface area contributed by atoms with Gasteiger partial charge in [-0.25, -0.2) is 4.39 Å². The second-order valence-electron chi connectivity index (χ2n) is 9.42. The van der Waals surface area contributed by atoms with Crippen LogP contribution in [-0.2, 0) is 22.6 Å². The Kier molecular flexibility index (Phi) is 7.44. The van der Waals surface area contributed by atoms with Crippen molar-refractivity contribution in [2.45, 2.75) is 32.4 Å². The highest BCUT2D eigenvalue weighted by Crippen LogP contribution is 2.29. The summed E-state index contributed by atoms with van der Waals surface area (Å²) < 4.78 is 18.8. The van der Waals surface area contributed by atoms with Gasteiger partial charge in [-0.2, -0.15) is 15.0 Å². The highest BCUT2D eigenvalue weighted by atomic mass is 19.1. The quantitative estimate of drug-likeness (QED) is 0.372. The zero-order valence-electron chi connectivity index (χ0n) is 21.0. The van der Waals surface area contributed by atoms with Gasteiger partial charge in [0.05, 0.1) is 12.4 Å². The first-order valence-electron chi connectivity index (χ1n) is 12.5. The van der Waals surface area contributed by atoms with Crippen LogP contribution in [0.1, 0.15) is 17.5 Å². The third kappa shape index (κ3) is 6.05. The molecule has 5 rings (SSSR count). The number of likely N-dealkylation sites (tertiary alicyclic amines) is 1. The SMILES string of the molecule is Cc1ccccc1C[C@@H]1C[C@@H](C(=O)Nc2ccc(Oc3ccc(F)cc3)cc2)N(C(=O)Cn2nccn2)C1. The maximum Gasteiger partial charge on any atom is 0.247 e. The van der Waals surface area contributed by atoms with Gasteiger partial charge < -0.3 is 15.0 Å². The molecule has 0 unspecified atom stereocenters. The number of aromatic nitrogens is 3. The summed E-state index contributed by atoms with van der Waals surface area (Å²) in [5.41, 5.74) is 3.00. The fourth-order valence-electron chi connectivity index (χ4n) is 4.75. The number of rotatable bonds is 8. The molecule has 1 N–H and O–H groups in total. The van der Waals surface area contributed by atoms with E-state index in [4.69, 9.17) is 4.74 Å². The first-order chi connectivity index (χ1) is 18.4. The van der Waals surface area contributed by atoms with Crippen LogP contribution in [0, 0.1) is 18.7 Å². The molecule has 1 saturated heterocycles. The number of amides is 2. The van der Waals surface area contributed by atoms with E-state index in [1.165, 1.54) is 40.4 Å². The molecule has 0 saturated carbocycles. The van der Waals surface area contributed by atoms with Gasteiger partial charge in [-0.05, 0) is 85.3 Å². The van der Waals surface area contributed by atoms with E-state index >= 15 is 0 Å². The average molecular weight is 514 g/mol. The van der Waals surface area contributed by atoms with Crippen molar-refractivity contribution >= 4 is 17.5 Å². The number of aryl methyl sites for hydroxylation is 1. The van der Waals surface area contributed by atoms with E-state index in [1.807, 2.05) is 12.1 Å². The van der Waals surface area contributed by atoms with Gasteiger partial charge in [0.15, 0.2) is 0 Å². The Morgan fingerprint density at radius 3 is 2.32 bits per heavy atom. The molecule has 8 nitrogen and oxygen atoms in total. The van der Waals surface area contributed by atoms with Crippen LogP contribution in [0.25, 0.3) is 0 Å². The Balaban J connectivity index is 1.27. The molecule has 9 heteroatoms. The van der Waals surface area contributed by atoms with E-state index in [0.29, 0.717) is 30.2 Å². The minimum Gasteiger partial charge on any atom is -0.457 e. The van der Waals surface area contributed by atoms with Crippen LogP contribution in [0.2, 0.25) is 0 Å². The maximum absolute atomic E-state index is 13.4. The lowest BCUT2D eigenvalue weighted by molar-refractivity contribution is -0.137. The van der Waals surface area contributed by atoms with Crippen molar-refractivity contribution in [1.29, 1.82) is 0 Å². The van der Waals surface area contributed by atoms with Gasteiger partial charge in [0.1, 0.15) is 29.9 Å². The van der Waals surface area contributed by atoms with Crippen molar-refractivity contribution in [3.05, 3.63) is 102 Å². The highest BCUT2D eigenvalue weighted by Gasteiger charge is 2.39. The molecular weight excluding hydrogens is 485 g/mol. The fourth-order valence-corrected chi connectivity index (χ4v) is 4.75. The van der Waals surface area contributed by atoms with Gasteiger partial charge in [0.25, 0.3) is 0 Å². The third-order valence-electron chi connectivity index (χ3n) is 6.70. The highest BCUT2D eigenvalue weighted by molar-refractivity contribution is 5.97. The topological polar surface area (TPSA) is 89.4 Å². The molecule has 2 atom stereocenters. The molecule has 2 amide bonds. The number of halogens is 1. The van der Waals surface area contributed by atoms with E-state index in [-0.39, 0.29) is 30.1 Å². The number of carbonyl (C=O) groups is 2. The predicted octanol–water partition coefficient (Wildman–Crippen LogP) is 4.62. The van der Waals surface area contributed by atoms with E-state index in [1.54, 1.807) is 41.3 Å². The number of hydrogen-bond acceptors (Lipinski definition) is 5. The lowest BCUT2D eigenvalue weighted by atomic mass is 9.94. The Morgan fingerprint density at radius 2 is 1.63 bits per heavy atom. The van der Waals surface area contributed by atoms with Crippen molar-refractivity contribution in [1.82, 2.24) is 19.9 Å². The number of carbonyl (C=O) groups excluding carboxylic acids is 2. The van der Waals surface area contributed by atoms with E-state index in [2.05, 4.69) is 34.6 Å². The summed E-state index contributed by atoms with van der Waals surface area (Å²) in [4.78, 5) is 29.6. The lowest BCUT2D eigenvalue weighted by Crippen LogP contribution is -2.44. The molecule has 1 aliphatic heterocycles. The molecular formula is C29H28FN5O3. The molecule has 194 valence electrons. The van der Waals surface area contributed by atoms with Gasteiger partial charge in [-0.1, -0.05) is 24.3 Å². The molecule has 0 aliphatic carbocycles. The first-order valence-corrected chi connectivity index (χ1v) is 12.5. The molecule has 1 aliphatic rings. The van der Waals surface area contributed by atoms with Gasteiger partial charge in [0.2, 0.25) is 11.8 Å². The maximum atomic E-state index is 13.4. The van der Waals surface area contributed by atoms with Crippen LogP contribution in [0.5, 0.6) is 11.5 Å². The molecule has 0 spiro atoms. The Morgan fingerprint density at radius 1 is 0.974 bits per heavy atom. The third-order valence-corrected chi connectivity index (χ3v) is 6.70. The van der Waals surface area contributed by atoms with Crippen molar-refractivity contribution in [3.8, 4) is 11.5 Å². The molecule has 1 aromatic heterocycles. The molecule has 0 radical (unpaired) electrons. The van der Waals surface area contributed by atoms with Crippen LogP contribution >= 0.6 is 0 Å². The molecule has 4 aromatic rings. The minimum atomic E-state index is -0.609. The summed E-state index contributed by atoms with van der Waals surface area (Å²) in [6, 6.07) is 20.2. The summed E-state index contributed by atoms with van der Waals surface area (Å²) in [6.07, 6.45) is 4.39. The Bertz CT molecular complexity index is 1390. The van der Waals surface area contributed by atoms with Crippen LogP contribution in [0.3, 0.4) is 0 Å². The van der Waals surface area contributed by atoms with Gasteiger partial charge in [-0.15, -0.1) is 0 Å². The standard InChI is InChI=1S/C29H28FN5O3/c1-20-4-2-3-5-22(20)16-21-17-27(34(18-21)28(36)19-35-31-14-15-32-35)29(37)33-24-8-12-26(13-9-24)38-25-10-6-23(30)7-11-25/h2-15,21,27H,16-19H2,1H3,(H,33,37)/t21-,27+/m1/s1. The zero-order valence-corrected chi connectivity index (χ0v) is 21.0. The largest absolute Gasteiger partial charge is 0.457 e. The van der Waals surface area contributed by atoms with Gasteiger partial charge in [0, 0.05) is 12.2 Å². The predicted molar refractivity (Wildman–Crippen MR) is 140 cm³/mol. The van der Waals surface area contributed by atoms with Crippen molar-refractivity contribution < 1.29 is 18.7 Å². The van der Waals surface area contributed by atoms with Crippen molar-refractivity contribution in [3.63, 3.8) is 0 Å². The Hall–Kier alpha value is -4.53. The lowest BCUT2D eigenvalue weighted by Gasteiger charge is -2.24. The summed E-state index contributed by atoms with van der Waals surface area (Å²) >= 11 is 0. The molecule has 38 heavy (non-hydrogen) atoms. The smallest absolute Gasteiger partial charge is 0.247 e. The molecule has 3 aromatic carbocycles. The fraction of sp³-hybridized carbons (Fsp3) is 0.241. The van der Waals surface area contributed by atoms with Gasteiger partial charge >= 0.3 is 0 Å². The number of nitrogens with one attached hydrogen (secondary N) is 1. The van der Waals surface area contributed by atoms with Crippen LogP contribution < -0.4 is 10.1 Å². The summed E-state index contributed by atoms with van der Waals surface area (Å²) in [5.74, 6) is 0.430. The van der Waals surface area contributed by atoms with Gasteiger partial charge in [-0.3, -0.25) is 9.59 Å². The average Bonchev–Trinajstić information content (AvgIpc) is 3.58. The van der Waals surface area contributed by atoms with Crippen molar-refractivity contribution in [2.24, 2.45) is 5.92 Å². The summed E-state index contributed by atoms with van der Waals surface area (Å²) in [7, 11) is 0. The van der Waals surface area contributed by atoms with Crippen molar-refractivity contribution in [2.75, 3.05) is 11.9 Å². The minimum absolute atomic E-state index is 0.0245. The monoisotopic (exact) mass is 513 g/mol. The van der Waals surface area contributed by atoms with Crippen LogP contribution in [-0.4, -0.2) is 44.3 Å². The van der Waals surface area contributed by atoms with E-state index < -0.39 is 6.04 Å². The number of hydrogen-bond donors (Lipinski definition) is 1. The summed E-state index contributed by atoms with van der Waals surface area (Å²) in [6.45, 7) is 2.53.